The molecule has 0 heterocycles. The SMILES string of the molecule is CCCCCCCCCC(=O)c1c2ccccc2cc2ccccc12. The molecule has 0 aliphatic rings. The number of fused-ring (bicyclic) bond motifs is 2. The van der Waals surface area contributed by atoms with Gasteiger partial charge in [0, 0.05) is 12.0 Å². The van der Waals surface area contributed by atoms with E-state index in [-0.39, 0.29) is 0 Å². The van der Waals surface area contributed by atoms with E-state index in [0.29, 0.717) is 12.2 Å². The van der Waals surface area contributed by atoms with E-state index in [1.54, 1.807) is 0 Å². The minimum absolute atomic E-state index is 0.293. The van der Waals surface area contributed by atoms with E-state index < -0.39 is 0 Å². The van der Waals surface area contributed by atoms with Crippen LogP contribution in [0.15, 0.2) is 54.6 Å². The number of hydrogen-bond acceptors (Lipinski definition) is 1. The third-order valence-corrected chi connectivity index (χ3v) is 5.06. The Bertz CT molecular complexity index is 793. The molecule has 1 heteroatoms. The minimum Gasteiger partial charge on any atom is -0.294 e. The molecule has 0 fully saturated rings. The summed E-state index contributed by atoms with van der Waals surface area (Å²) < 4.78 is 0. The van der Waals surface area contributed by atoms with Crippen molar-refractivity contribution in [1.82, 2.24) is 0 Å². The first-order valence-electron chi connectivity index (χ1n) is 9.75. The monoisotopic (exact) mass is 332 g/mol. The van der Waals surface area contributed by atoms with Crippen molar-refractivity contribution in [3.63, 3.8) is 0 Å². The average molecular weight is 332 g/mol. The quantitative estimate of drug-likeness (QED) is 0.228. The molecule has 3 aromatic carbocycles. The molecule has 3 aromatic rings. The zero-order valence-corrected chi connectivity index (χ0v) is 15.3. The summed E-state index contributed by atoms with van der Waals surface area (Å²) >= 11 is 0. The number of Topliss-reactive ketones (excluding diaryl/α,β-unsaturated/α-hetero) is 1. The summed E-state index contributed by atoms with van der Waals surface area (Å²) in [4.78, 5) is 13.0. The summed E-state index contributed by atoms with van der Waals surface area (Å²) in [5, 5.41) is 4.50. The Morgan fingerprint density at radius 3 is 1.84 bits per heavy atom. The van der Waals surface area contributed by atoms with E-state index in [4.69, 9.17) is 0 Å². The van der Waals surface area contributed by atoms with Crippen molar-refractivity contribution < 1.29 is 4.79 Å². The van der Waals surface area contributed by atoms with Crippen LogP contribution in [0, 0.1) is 0 Å². The molecule has 0 amide bonds. The highest BCUT2D eigenvalue weighted by atomic mass is 16.1. The molecule has 0 aliphatic heterocycles. The Balaban J connectivity index is 1.75. The van der Waals surface area contributed by atoms with Crippen molar-refractivity contribution in [3.05, 3.63) is 60.2 Å². The average Bonchev–Trinajstić information content (AvgIpc) is 2.65. The molecular formula is C24H28O. The number of hydrogen-bond donors (Lipinski definition) is 0. The molecule has 0 aromatic heterocycles. The van der Waals surface area contributed by atoms with Crippen LogP contribution < -0.4 is 0 Å². The highest BCUT2D eigenvalue weighted by molar-refractivity contribution is 6.18. The predicted octanol–water partition coefficient (Wildman–Crippen LogP) is 7.32. The van der Waals surface area contributed by atoms with E-state index in [1.807, 2.05) is 24.3 Å². The molecule has 0 bridgehead atoms. The first-order chi connectivity index (χ1) is 12.3. The van der Waals surface area contributed by atoms with Crippen LogP contribution in [0.25, 0.3) is 21.5 Å². The van der Waals surface area contributed by atoms with Crippen molar-refractivity contribution in [2.24, 2.45) is 0 Å². The zero-order chi connectivity index (χ0) is 17.5. The summed E-state index contributed by atoms with van der Waals surface area (Å²) in [5.41, 5.74) is 0.916. The molecule has 0 N–H and O–H groups in total. The summed E-state index contributed by atoms with van der Waals surface area (Å²) in [7, 11) is 0. The van der Waals surface area contributed by atoms with Crippen molar-refractivity contribution in [3.8, 4) is 0 Å². The van der Waals surface area contributed by atoms with Crippen molar-refractivity contribution in [2.75, 3.05) is 0 Å². The lowest BCUT2D eigenvalue weighted by Crippen LogP contribution is -2.01. The standard InChI is InChI=1S/C24H28O/c1-2-3-4-5-6-7-8-17-23(25)24-21-15-11-9-13-19(21)18-20-14-10-12-16-22(20)24/h9-16,18H,2-8,17H2,1H3. The van der Waals surface area contributed by atoms with Gasteiger partial charge in [-0.2, -0.15) is 0 Å². The highest BCUT2D eigenvalue weighted by Gasteiger charge is 2.14. The molecule has 0 saturated heterocycles. The highest BCUT2D eigenvalue weighted by Crippen LogP contribution is 2.29. The number of unbranched alkanes of at least 4 members (excludes halogenated alkanes) is 6. The molecule has 0 spiro atoms. The van der Waals surface area contributed by atoms with Gasteiger partial charge in [0.25, 0.3) is 0 Å². The fraction of sp³-hybridized carbons (Fsp3) is 0.375. The number of benzene rings is 3. The first kappa shape index (κ1) is 17.7. The van der Waals surface area contributed by atoms with Crippen LogP contribution in [0.2, 0.25) is 0 Å². The van der Waals surface area contributed by atoms with Gasteiger partial charge in [0.15, 0.2) is 5.78 Å². The minimum atomic E-state index is 0.293. The van der Waals surface area contributed by atoms with Gasteiger partial charge in [-0.25, -0.2) is 0 Å². The van der Waals surface area contributed by atoms with Gasteiger partial charge in [0.1, 0.15) is 0 Å². The fourth-order valence-electron chi connectivity index (χ4n) is 3.68. The lowest BCUT2D eigenvalue weighted by Gasteiger charge is -2.11. The van der Waals surface area contributed by atoms with Gasteiger partial charge >= 0.3 is 0 Å². The van der Waals surface area contributed by atoms with Crippen molar-refractivity contribution >= 4 is 27.3 Å². The number of carbonyl (C=O) groups is 1. The Labute approximate surface area is 151 Å². The van der Waals surface area contributed by atoms with Crippen molar-refractivity contribution in [2.45, 2.75) is 58.3 Å². The van der Waals surface area contributed by atoms with Gasteiger partial charge in [-0.15, -0.1) is 0 Å². The fourth-order valence-corrected chi connectivity index (χ4v) is 3.68. The second kappa shape index (κ2) is 8.80. The third-order valence-electron chi connectivity index (χ3n) is 5.06. The molecule has 0 unspecified atom stereocenters. The Hall–Kier alpha value is -2.15. The molecule has 3 rings (SSSR count). The molecule has 0 aliphatic carbocycles. The van der Waals surface area contributed by atoms with Crippen LogP contribution in [0.1, 0.15) is 68.6 Å². The van der Waals surface area contributed by atoms with Crippen LogP contribution in [0.5, 0.6) is 0 Å². The summed E-state index contributed by atoms with van der Waals surface area (Å²) in [6.45, 7) is 2.24. The Morgan fingerprint density at radius 1 is 0.720 bits per heavy atom. The maximum absolute atomic E-state index is 13.0. The summed E-state index contributed by atoms with van der Waals surface area (Å²) in [6.07, 6.45) is 9.33. The molecule has 0 saturated carbocycles. The first-order valence-corrected chi connectivity index (χ1v) is 9.75. The van der Waals surface area contributed by atoms with Gasteiger partial charge in [-0.3, -0.25) is 4.79 Å². The van der Waals surface area contributed by atoms with Crippen LogP contribution in [0.4, 0.5) is 0 Å². The van der Waals surface area contributed by atoms with E-state index in [0.717, 1.165) is 39.9 Å². The number of ketones is 1. The number of carbonyl (C=O) groups excluding carboxylic acids is 1. The van der Waals surface area contributed by atoms with E-state index in [2.05, 4.69) is 37.3 Å². The van der Waals surface area contributed by atoms with Gasteiger partial charge in [0.05, 0.1) is 0 Å². The summed E-state index contributed by atoms with van der Waals surface area (Å²) in [6, 6.07) is 18.7. The number of rotatable bonds is 9. The zero-order valence-electron chi connectivity index (χ0n) is 15.3. The van der Waals surface area contributed by atoms with Crippen LogP contribution in [-0.2, 0) is 0 Å². The summed E-state index contributed by atoms with van der Waals surface area (Å²) in [5.74, 6) is 0.293. The van der Waals surface area contributed by atoms with E-state index >= 15 is 0 Å². The molecule has 25 heavy (non-hydrogen) atoms. The van der Waals surface area contributed by atoms with Crippen molar-refractivity contribution in [1.29, 1.82) is 0 Å². The smallest absolute Gasteiger partial charge is 0.164 e. The maximum atomic E-state index is 13.0. The second-order valence-electron chi connectivity index (χ2n) is 6.99. The lowest BCUT2D eigenvalue weighted by molar-refractivity contribution is 0.0982. The van der Waals surface area contributed by atoms with Gasteiger partial charge in [-0.1, -0.05) is 94.0 Å². The van der Waals surface area contributed by atoms with Gasteiger partial charge in [0.2, 0.25) is 0 Å². The molecule has 0 radical (unpaired) electrons. The van der Waals surface area contributed by atoms with Crippen LogP contribution in [0.3, 0.4) is 0 Å². The van der Waals surface area contributed by atoms with E-state index in [9.17, 15) is 4.79 Å². The van der Waals surface area contributed by atoms with Crippen LogP contribution in [-0.4, -0.2) is 5.78 Å². The Morgan fingerprint density at radius 2 is 1.24 bits per heavy atom. The van der Waals surface area contributed by atoms with Gasteiger partial charge < -0.3 is 0 Å². The Kier molecular flexibility index (Phi) is 6.22. The molecule has 0 atom stereocenters. The van der Waals surface area contributed by atoms with Crippen LogP contribution >= 0.6 is 0 Å². The predicted molar refractivity (Wildman–Crippen MR) is 108 cm³/mol. The molecule has 130 valence electrons. The van der Waals surface area contributed by atoms with E-state index in [1.165, 1.54) is 32.1 Å². The second-order valence-corrected chi connectivity index (χ2v) is 6.99. The lowest BCUT2D eigenvalue weighted by atomic mass is 9.92. The largest absolute Gasteiger partial charge is 0.294 e. The molecular weight excluding hydrogens is 304 g/mol. The maximum Gasteiger partial charge on any atom is 0.164 e. The topological polar surface area (TPSA) is 17.1 Å². The normalized spacial score (nSPS) is 11.2. The third kappa shape index (κ3) is 4.28. The molecule has 1 nitrogen and oxygen atoms in total. The van der Waals surface area contributed by atoms with Gasteiger partial charge in [-0.05, 0) is 34.0 Å².